The van der Waals surface area contributed by atoms with Crippen LogP contribution in [0.3, 0.4) is 0 Å². The van der Waals surface area contributed by atoms with Gasteiger partial charge in [0.15, 0.2) is 0 Å². The van der Waals surface area contributed by atoms with Crippen LogP contribution in [0.15, 0.2) is 42.7 Å². The number of aryl methyl sites for hydroxylation is 1. The molecule has 1 aromatic heterocycles. The summed E-state index contributed by atoms with van der Waals surface area (Å²) in [6.07, 6.45) is 5.89. The van der Waals surface area contributed by atoms with Gasteiger partial charge in [-0.05, 0) is 68.1 Å². The zero-order chi connectivity index (χ0) is 19.3. The van der Waals surface area contributed by atoms with Gasteiger partial charge >= 0.3 is 0 Å². The SMILES string of the molecule is COc1ccc([C@H]2CN(C(=O)c3cnccc3C)[C@H]3C4CCN(CC4)[C@@H]23)cc1. The molecule has 0 N–H and O–H groups in total. The number of fused-ring (bicyclic) bond motifs is 2. The standard InChI is InChI=1S/C23H27N3O2/c1-15-7-10-24-13-19(15)23(27)26-14-20(16-3-5-18(28-2)6-4-16)22-21(26)17-8-11-25(22)12-9-17/h3-7,10,13,17,20-22H,8-9,11-12,14H2,1-2H3/t20-,21+,22+/m1/s1. The number of amides is 1. The summed E-state index contributed by atoms with van der Waals surface area (Å²) in [6, 6.07) is 11.1. The van der Waals surface area contributed by atoms with Crippen molar-refractivity contribution in [1.82, 2.24) is 14.8 Å². The topological polar surface area (TPSA) is 45.7 Å². The molecule has 0 aliphatic carbocycles. The number of hydrogen-bond acceptors (Lipinski definition) is 4. The molecule has 0 spiro atoms. The Bertz CT molecular complexity index is 874. The van der Waals surface area contributed by atoms with Gasteiger partial charge in [0, 0.05) is 30.9 Å². The van der Waals surface area contributed by atoms with Gasteiger partial charge in [0.05, 0.1) is 18.7 Å². The van der Waals surface area contributed by atoms with Crippen LogP contribution in [-0.4, -0.2) is 59.5 Å². The molecule has 4 saturated heterocycles. The van der Waals surface area contributed by atoms with Crippen molar-refractivity contribution in [3.8, 4) is 5.75 Å². The Morgan fingerprint density at radius 3 is 2.54 bits per heavy atom. The highest BCUT2D eigenvalue weighted by Crippen LogP contribution is 2.47. The predicted octanol–water partition coefficient (Wildman–Crippen LogP) is 3.10. The quantitative estimate of drug-likeness (QED) is 0.825. The molecule has 5 nitrogen and oxygen atoms in total. The summed E-state index contributed by atoms with van der Waals surface area (Å²) in [5, 5.41) is 0. The molecule has 5 heteroatoms. The zero-order valence-electron chi connectivity index (χ0n) is 16.5. The Labute approximate surface area is 166 Å². The number of rotatable bonds is 3. The largest absolute Gasteiger partial charge is 0.497 e. The maximum Gasteiger partial charge on any atom is 0.256 e. The van der Waals surface area contributed by atoms with Gasteiger partial charge in [0.1, 0.15) is 5.75 Å². The summed E-state index contributed by atoms with van der Waals surface area (Å²) in [5.74, 6) is 1.98. The molecule has 4 aliphatic heterocycles. The number of carbonyl (C=O) groups is 1. The average molecular weight is 377 g/mol. The fraction of sp³-hybridized carbons (Fsp3) is 0.478. The lowest BCUT2D eigenvalue weighted by Crippen LogP contribution is -2.60. The second kappa shape index (κ2) is 6.89. The van der Waals surface area contributed by atoms with Crippen LogP contribution in [0, 0.1) is 12.8 Å². The van der Waals surface area contributed by atoms with E-state index >= 15 is 0 Å². The van der Waals surface area contributed by atoms with Gasteiger partial charge in [0.25, 0.3) is 5.91 Å². The number of aromatic nitrogens is 1. The molecule has 1 aromatic carbocycles. The van der Waals surface area contributed by atoms with Crippen molar-refractivity contribution >= 4 is 5.91 Å². The van der Waals surface area contributed by atoms with Crippen LogP contribution in [0.1, 0.15) is 40.2 Å². The van der Waals surface area contributed by atoms with Crippen LogP contribution in [0.5, 0.6) is 5.75 Å². The Balaban J connectivity index is 1.52. The van der Waals surface area contributed by atoms with E-state index in [0.29, 0.717) is 23.9 Å². The molecule has 4 fully saturated rings. The molecule has 0 unspecified atom stereocenters. The van der Waals surface area contributed by atoms with E-state index in [2.05, 4.69) is 26.9 Å². The van der Waals surface area contributed by atoms with Gasteiger partial charge < -0.3 is 9.64 Å². The van der Waals surface area contributed by atoms with Crippen molar-refractivity contribution in [1.29, 1.82) is 0 Å². The first-order chi connectivity index (χ1) is 13.7. The summed E-state index contributed by atoms with van der Waals surface area (Å²) in [5.41, 5.74) is 3.06. The molecule has 4 aliphatic rings. The van der Waals surface area contributed by atoms with Gasteiger partial charge in [-0.15, -0.1) is 0 Å². The number of piperidine rings is 3. The minimum atomic E-state index is 0.144. The normalized spacial score (nSPS) is 30.9. The molecule has 0 radical (unpaired) electrons. The van der Waals surface area contributed by atoms with Crippen molar-refractivity contribution in [2.24, 2.45) is 5.92 Å². The lowest BCUT2D eigenvalue weighted by atomic mass is 9.75. The summed E-state index contributed by atoms with van der Waals surface area (Å²) < 4.78 is 5.34. The number of hydrogen-bond donors (Lipinski definition) is 0. The Hall–Kier alpha value is -2.40. The fourth-order valence-electron chi connectivity index (χ4n) is 5.64. The minimum absolute atomic E-state index is 0.144. The third-order valence-electron chi connectivity index (χ3n) is 7.07. The molecule has 146 valence electrons. The van der Waals surface area contributed by atoms with E-state index in [1.807, 2.05) is 25.1 Å². The Kier molecular flexibility index (Phi) is 4.35. The monoisotopic (exact) mass is 377 g/mol. The fourth-order valence-corrected chi connectivity index (χ4v) is 5.64. The van der Waals surface area contributed by atoms with Crippen molar-refractivity contribution in [3.05, 3.63) is 59.4 Å². The first-order valence-electron chi connectivity index (χ1n) is 10.3. The minimum Gasteiger partial charge on any atom is -0.497 e. The number of nitrogens with zero attached hydrogens (tertiary/aromatic N) is 3. The summed E-state index contributed by atoms with van der Waals surface area (Å²) >= 11 is 0. The molecule has 2 aromatic rings. The maximum atomic E-state index is 13.5. The highest BCUT2D eigenvalue weighted by molar-refractivity contribution is 5.96. The van der Waals surface area contributed by atoms with E-state index in [1.165, 1.54) is 18.4 Å². The van der Waals surface area contributed by atoms with E-state index in [-0.39, 0.29) is 5.91 Å². The zero-order valence-corrected chi connectivity index (χ0v) is 16.5. The molecule has 1 amide bonds. The molecule has 3 atom stereocenters. The van der Waals surface area contributed by atoms with Crippen molar-refractivity contribution < 1.29 is 9.53 Å². The highest BCUT2D eigenvalue weighted by atomic mass is 16.5. The van der Waals surface area contributed by atoms with Gasteiger partial charge in [-0.3, -0.25) is 14.7 Å². The van der Waals surface area contributed by atoms with Crippen LogP contribution in [0.2, 0.25) is 0 Å². The molecule has 0 saturated carbocycles. The Morgan fingerprint density at radius 2 is 1.86 bits per heavy atom. The number of pyridine rings is 1. The smallest absolute Gasteiger partial charge is 0.256 e. The number of benzene rings is 1. The molecular formula is C23H27N3O2. The number of ether oxygens (including phenoxy) is 1. The lowest BCUT2D eigenvalue weighted by Gasteiger charge is -2.51. The van der Waals surface area contributed by atoms with Crippen LogP contribution in [0.25, 0.3) is 0 Å². The third kappa shape index (κ3) is 2.72. The molecule has 6 rings (SSSR count). The molecule has 28 heavy (non-hydrogen) atoms. The number of carbonyl (C=O) groups excluding carboxylic acids is 1. The lowest BCUT2D eigenvalue weighted by molar-refractivity contribution is -0.00344. The summed E-state index contributed by atoms with van der Waals surface area (Å²) in [6.45, 7) is 5.10. The van der Waals surface area contributed by atoms with E-state index in [0.717, 1.165) is 36.5 Å². The summed E-state index contributed by atoms with van der Waals surface area (Å²) in [7, 11) is 1.70. The maximum absolute atomic E-state index is 13.5. The average Bonchev–Trinajstić information content (AvgIpc) is 3.17. The van der Waals surface area contributed by atoms with E-state index in [1.54, 1.807) is 19.5 Å². The highest BCUT2D eigenvalue weighted by Gasteiger charge is 2.54. The van der Waals surface area contributed by atoms with Gasteiger partial charge in [0.2, 0.25) is 0 Å². The second-order valence-corrected chi connectivity index (χ2v) is 8.38. The second-order valence-electron chi connectivity index (χ2n) is 8.38. The predicted molar refractivity (Wildman–Crippen MR) is 108 cm³/mol. The number of likely N-dealkylation sites (tertiary alicyclic amines) is 1. The van der Waals surface area contributed by atoms with Crippen molar-refractivity contribution in [2.75, 3.05) is 26.7 Å². The van der Waals surface area contributed by atoms with E-state index < -0.39 is 0 Å². The summed E-state index contributed by atoms with van der Waals surface area (Å²) in [4.78, 5) is 22.5. The van der Waals surface area contributed by atoms with Crippen LogP contribution < -0.4 is 4.74 Å². The van der Waals surface area contributed by atoms with Crippen LogP contribution in [-0.2, 0) is 0 Å². The van der Waals surface area contributed by atoms with Gasteiger partial charge in [-0.1, -0.05) is 12.1 Å². The van der Waals surface area contributed by atoms with E-state index in [4.69, 9.17) is 4.74 Å². The molecule has 2 bridgehead atoms. The molecule has 5 heterocycles. The van der Waals surface area contributed by atoms with Gasteiger partial charge in [-0.2, -0.15) is 0 Å². The van der Waals surface area contributed by atoms with Gasteiger partial charge in [-0.25, -0.2) is 0 Å². The van der Waals surface area contributed by atoms with Crippen molar-refractivity contribution in [3.63, 3.8) is 0 Å². The molecular weight excluding hydrogens is 350 g/mol. The Morgan fingerprint density at radius 1 is 1.11 bits per heavy atom. The van der Waals surface area contributed by atoms with Crippen molar-refractivity contribution in [2.45, 2.75) is 37.8 Å². The first kappa shape index (κ1) is 17.7. The van der Waals surface area contributed by atoms with E-state index in [9.17, 15) is 4.79 Å². The van der Waals surface area contributed by atoms with Crippen LogP contribution >= 0.6 is 0 Å². The first-order valence-corrected chi connectivity index (χ1v) is 10.3. The third-order valence-corrected chi connectivity index (χ3v) is 7.07. The van der Waals surface area contributed by atoms with Crippen LogP contribution in [0.4, 0.5) is 0 Å². The number of methoxy groups -OCH3 is 1.